The standard InChI is InChI=1S/C14H17N3O3S3/c1-20-11-7-9-5-3-4-6-10(9)8-12(11)23(18,19)17-13-15-16-14(21-2)22-13/h7-8H,3-6H2,1-2H3,(H,15,17). The lowest BCUT2D eigenvalue weighted by Crippen LogP contribution is -2.15. The number of aryl methyl sites for hydroxylation is 2. The summed E-state index contributed by atoms with van der Waals surface area (Å²) in [6.07, 6.45) is 5.94. The van der Waals surface area contributed by atoms with Gasteiger partial charge in [0.2, 0.25) is 5.13 Å². The summed E-state index contributed by atoms with van der Waals surface area (Å²) in [5.74, 6) is 0.368. The van der Waals surface area contributed by atoms with Crippen LogP contribution in [0.2, 0.25) is 0 Å². The molecule has 23 heavy (non-hydrogen) atoms. The molecule has 0 aliphatic heterocycles. The van der Waals surface area contributed by atoms with Crippen LogP contribution in [0.1, 0.15) is 24.0 Å². The van der Waals surface area contributed by atoms with E-state index in [1.165, 1.54) is 35.8 Å². The number of thioether (sulfide) groups is 1. The first-order valence-electron chi connectivity index (χ1n) is 7.13. The molecule has 1 aromatic heterocycles. The summed E-state index contributed by atoms with van der Waals surface area (Å²) in [5.41, 5.74) is 2.26. The average Bonchev–Trinajstić information content (AvgIpc) is 3.00. The number of nitrogens with zero attached hydrogens (tertiary/aromatic N) is 2. The molecule has 124 valence electrons. The molecule has 0 radical (unpaired) electrons. The number of hydrogen-bond acceptors (Lipinski definition) is 7. The van der Waals surface area contributed by atoms with Gasteiger partial charge in [0, 0.05) is 0 Å². The van der Waals surface area contributed by atoms with E-state index in [0.29, 0.717) is 10.1 Å². The van der Waals surface area contributed by atoms with Gasteiger partial charge in [0.05, 0.1) is 7.11 Å². The third-order valence-corrected chi connectivity index (χ3v) is 7.02. The number of ether oxygens (including phenoxy) is 1. The maximum absolute atomic E-state index is 12.7. The lowest BCUT2D eigenvalue weighted by molar-refractivity contribution is 0.401. The molecule has 2 aromatic rings. The molecule has 0 fully saturated rings. The predicted octanol–water partition coefficient (Wildman–Crippen LogP) is 2.95. The topological polar surface area (TPSA) is 81.2 Å². The third-order valence-electron chi connectivity index (χ3n) is 3.72. The summed E-state index contributed by atoms with van der Waals surface area (Å²) in [4.78, 5) is 0.154. The molecule has 9 heteroatoms. The van der Waals surface area contributed by atoms with Crippen molar-refractivity contribution in [3.05, 3.63) is 23.3 Å². The van der Waals surface area contributed by atoms with Crippen molar-refractivity contribution in [2.24, 2.45) is 0 Å². The summed E-state index contributed by atoms with van der Waals surface area (Å²) in [6.45, 7) is 0. The number of nitrogens with one attached hydrogen (secondary N) is 1. The van der Waals surface area contributed by atoms with E-state index in [-0.39, 0.29) is 10.0 Å². The average molecular weight is 372 g/mol. The molecular weight excluding hydrogens is 354 g/mol. The number of fused-ring (bicyclic) bond motifs is 1. The number of anilines is 1. The van der Waals surface area contributed by atoms with Crippen LogP contribution in [-0.2, 0) is 22.9 Å². The summed E-state index contributed by atoms with van der Waals surface area (Å²) in [7, 11) is -2.27. The predicted molar refractivity (Wildman–Crippen MR) is 92.1 cm³/mol. The molecule has 1 aliphatic rings. The molecule has 0 unspecified atom stereocenters. The summed E-state index contributed by atoms with van der Waals surface area (Å²) in [6, 6.07) is 3.57. The van der Waals surface area contributed by atoms with Gasteiger partial charge in [0.1, 0.15) is 10.6 Å². The van der Waals surface area contributed by atoms with Gasteiger partial charge in [-0.2, -0.15) is 0 Å². The van der Waals surface area contributed by atoms with Crippen LogP contribution in [-0.4, -0.2) is 32.0 Å². The second-order valence-electron chi connectivity index (χ2n) is 5.16. The van der Waals surface area contributed by atoms with Gasteiger partial charge in [-0.1, -0.05) is 23.1 Å². The first-order chi connectivity index (χ1) is 11.0. The van der Waals surface area contributed by atoms with E-state index < -0.39 is 10.0 Å². The van der Waals surface area contributed by atoms with Gasteiger partial charge in [-0.25, -0.2) is 8.42 Å². The van der Waals surface area contributed by atoms with Crippen molar-refractivity contribution in [2.45, 2.75) is 34.9 Å². The van der Waals surface area contributed by atoms with Crippen molar-refractivity contribution in [2.75, 3.05) is 18.1 Å². The Balaban J connectivity index is 1.98. The number of rotatable bonds is 5. The maximum atomic E-state index is 12.7. The van der Waals surface area contributed by atoms with Crippen LogP contribution < -0.4 is 9.46 Å². The molecule has 6 nitrogen and oxygen atoms in total. The largest absolute Gasteiger partial charge is 0.495 e. The van der Waals surface area contributed by atoms with Crippen LogP contribution in [0.25, 0.3) is 0 Å². The highest BCUT2D eigenvalue weighted by Gasteiger charge is 2.24. The second kappa shape index (κ2) is 6.66. The molecule has 1 heterocycles. The van der Waals surface area contributed by atoms with Gasteiger partial charge in [-0.05, 0) is 55.2 Å². The second-order valence-corrected chi connectivity index (χ2v) is 8.84. The van der Waals surface area contributed by atoms with Gasteiger partial charge in [0.25, 0.3) is 10.0 Å². The Labute approximate surface area is 143 Å². The highest BCUT2D eigenvalue weighted by Crippen LogP contribution is 2.33. The smallest absolute Gasteiger partial charge is 0.267 e. The lowest BCUT2D eigenvalue weighted by atomic mass is 9.92. The van der Waals surface area contributed by atoms with Crippen molar-refractivity contribution in [3.63, 3.8) is 0 Å². The Morgan fingerprint density at radius 3 is 2.52 bits per heavy atom. The zero-order chi connectivity index (χ0) is 16.4. The van der Waals surface area contributed by atoms with Crippen molar-refractivity contribution in [1.29, 1.82) is 0 Å². The van der Waals surface area contributed by atoms with E-state index in [0.717, 1.165) is 31.2 Å². The van der Waals surface area contributed by atoms with Crippen LogP contribution in [0.4, 0.5) is 5.13 Å². The highest BCUT2D eigenvalue weighted by atomic mass is 32.2. The van der Waals surface area contributed by atoms with Crippen LogP contribution in [0.5, 0.6) is 5.75 Å². The van der Waals surface area contributed by atoms with Gasteiger partial charge in [-0.15, -0.1) is 10.2 Å². The molecule has 1 aliphatic carbocycles. The zero-order valence-corrected chi connectivity index (χ0v) is 15.3. The molecule has 0 saturated carbocycles. The molecule has 3 rings (SSSR count). The van der Waals surface area contributed by atoms with Crippen LogP contribution in [0.3, 0.4) is 0 Å². The molecule has 1 aromatic carbocycles. The van der Waals surface area contributed by atoms with E-state index in [2.05, 4.69) is 14.9 Å². The number of methoxy groups -OCH3 is 1. The summed E-state index contributed by atoms with van der Waals surface area (Å²) in [5, 5.41) is 8.01. The molecule has 0 amide bonds. The Hall–Kier alpha value is -1.32. The summed E-state index contributed by atoms with van der Waals surface area (Å²) < 4.78 is 33.9. The van der Waals surface area contributed by atoms with Crippen molar-refractivity contribution < 1.29 is 13.2 Å². The van der Waals surface area contributed by atoms with Crippen LogP contribution >= 0.6 is 23.1 Å². The van der Waals surface area contributed by atoms with E-state index in [1.54, 1.807) is 6.07 Å². The summed E-state index contributed by atoms with van der Waals surface area (Å²) >= 11 is 2.63. The monoisotopic (exact) mass is 371 g/mol. The fraction of sp³-hybridized carbons (Fsp3) is 0.429. The van der Waals surface area contributed by atoms with Crippen molar-refractivity contribution in [3.8, 4) is 5.75 Å². The lowest BCUT2D eigenvalue weighted by Gasteiger charge is -2.19. The minimum absolute atomic E-state index is 0.154. The molecule has 0 bridgehead atoms. The maximum Gasteiger partial charge on any atom is 0.267 e. The number of benzene rings is 1. The van der Waals surface area contributed by atoms with Crippen molar-refractivity contribution in [1.82, 2.24) is 10.2 Å². The zero-order valence-electron chi connectivity index (χ0n) is 12.8. The van der Waals surface area contributed by atoms with Gasteiger partial charge in [0.15, 0.2) is 4.34 Å². The molecular formula is C14H17N3O3S3. The van der Waals surface area contributed by atoms with Crippen LogP contribution in [0, 0.1) is 0 Å². The Morgan fingerprint density at radius 2 is 1.91 bits per heavy atom. The number of aromatic nitrogens is 2. The van der Waals surface area contributed by atoms with Gasteiger partial charge >= 0.3 is 0 Å². The third kappa shape index (κ3) is 3.46. The minimum atomic E-state index is -3.76. The SMILES string of the molecule is COc1cc2c(cc1S(=O)(=O)Nc1nnc(SC)s1)CCCC2. The Morgan fingerprint density at radius 1 is 1.22 bits per heavy atom. The number of sulfonamides is 1. The normalized spacial score (nSPS) is 14.3. The highest BCUT2D eigenvalue weighted by molar-refractivity contribution is 8.00. The fourth-order valence-electron chi connectivity index (χ4n) is 2.61. The van der Waals surface area contributed by atoms with Crippen molar-refractivity contribution >= 4 is 38.3 Å². The Bertz CT molecular complexity index is 818. The van der Waals surface area contributed by atoms with Crippen LogP contribution in [0.15, 0.2) is 21.4 Å². The number of hydrogen-bond donors (Lipinski definition) is 1. The molecule has 1 N–H and O–H groups in total. The van der Waals surface area contributed by atoms with E-state index in [9.17, 15) is 8.42 Å². The van der Waals surface area contributed by atoms with Gasteiger partial charge < -0.3 is 4.74 Å². The molecule has 0 saturated heterocycles. The molecule has 0 spiro atoms. The first kappa shape index (κ1) is 16.5. The fourth-order valence-corrected chi connectivity index (χ4v) is 5.22. The van der Waals surface area contributed by atoms with E-state index in [1.807, 2.05) is 12.3 Å². The molecule has 0 atom stereocenters. The van der Waals surface area contributed by atoms with E-state index in [4.69, 9.17) is 4.74 Å². The Kier molecular flexibility index (Phi) is 4.79. The minimum Gasteiger partial charge on any atom is -0.495 e. The van der Waals surface area contributed by atoms with E-state index >= 15 is 0 Å². The van der Waals surface area contributed by atoms with Gasteiger partial charge in [-0.3, -0.25) is 4.72 Å². The first-order valence-corrected chi connectivity index (χ1v) is 10.7. The quantitative estimate of drug-likeness (QED) is 0.814.